The quantitative estimate of drug-likeness (QED) is 0.896. The summed E-state index contributed by atoms with van der Waals surface area (Å²) in [5, 5.41) is 3.30. The summed E-state index contributed by atoms with van der Waals surface area (Å²) in [5.41, 5.74) is 1.16. The van der Waals surface area contributed by atoms with Crippen molar-refractivity contribution in [1.29, 1.82) is 0 Å². The van der Waals surface area contributed by atoms with Gasteiger partial charge in [-0.2, -0.15) is 0 Å². The number of likely N-dealkylation sites (tertiary alicyclic amines) is 1. The summed E-state index contributed by atoms with van der Waals surface area (Å²) >= 11 is 0. The Bertz CT molecular complexity index is 425. The number of rotatable bonds is 5. The standard InChI is InChI=1S/C16H24N2O2/c1-13(16(19)18-10-4-3-5-11-18)17-12-14-6-8-15(20-2)9-7-14/h6-9,13,17H,3-5,10-12H2,1-2H3. The number of piperidine rings is 1. The summed E-state index contributed by atoms with van der Waals surface area (Å²) in [6, 6.07) is 7.78. The van der Waals surface area contributed by atoms with Crippen LogP contribution in [0.15, 0.2) is 24.3 Å². The third-order valence-electron chi connectivity index (χ3n) is 3.81. The van der Waals surface area contributed by atoms with Gasteiger partial charge in [0.1, 0.15) is 5.75 Å². The smallest absolute Gasteiger partial charge is 0.239 e. The molecule has 0 aromatic heterocycles. The summed E-state index contributed by atoms with van der Waals surface area (Å²) in [4.78, 5) is 14.2. The second kappa shape index (κ2) is 7.29. The fraction of sp³-hybridized carbons (Fsp3) is 0.562. The number of benzene rings is 1. The number of hydrogen-bond donors (Lipinski definition) is 1. The normalized spacial score (nSPS) is 16.8. The Morgan fingerprint density at radius 2 is 1.90 bits per heavy atom. The topological polar surface area (TPSA) is 41.6 Å². The van der Waals surface area contributed by atoms with Crippen molar-refractivity contribution in [1.82, 2.24) is 10.2 Å². The minimum absolute atomic E-state index is 0.129. The van der Waals surface area contributed by atoms with Crippen LogP contribution in [0.4, 0.5) is 0 Å². The predicted molar refractivity (Wildman–Crippen MR) is 79.7 cm³/mol. The van der Waals surface area contributed by atoms with Crippen molar-refractivity contribution in [3.8, 4) is 5.75 Å². The van der Waals surface area contributed by atoms with E-state index in [1.165, 1.54) is 6.42 Å². The maximum absolute atomic E-state index is 12.3. The average molecular weight is 276 g/mol. The molecule has 1 atom stereocenters. The van der Waals surface area contributed by atoms with E-state index in [9.17, 15) is 4.79 Å². The highest BCUT2D eigenvalue weighted by Gasteiger charge is 2.21. The molecule has 1 N–H and O–H groups in total. The Hall–Kier alpha value is -1.55. The second-order valence-corrected chi connectivity index (χ2v) is 5.34. The maximum Gasteiger partial charge on any atom is 0.239 e. The Morgan fingerprint density at radius 3 is 2.50 bits per heavy atom. The predicted octanol–water partition coefficient (Wildman–Crippen LogP) is 2.19. The van der Waals surface area contributed by atoms with E-state index in [-0.39, 0.29) is 11.9 Å². The van der Waals surface area contributed by atoms with Gasteiger partial charge in [0.25, 0.3) is 0 Å². The molecule has 110 valence electrons. The van der Waals surface area contributed by atoms with Crippen LogP contribution in [0, 0.1) is 0 Å². The summed E-state index contributed by atoms with van der Waals surface area (Å²) in [7, 11) is 1.66. The third-order valence-corrected chi connectivity index (χ3v) is 3.81. The molecule has 0 bridgehead atoms. The molecule has 1 fully saturated rings. The van der Waals surface area contributed by atoms with E-state index in [0.29, 0.717) is 6.54 Å². The van der Waals surface area contributed by atoms with Crippen molar-refractivity contribution in [2.75, 3.05) is 20.2 Å². The Morgan fingerprint density at radius 1 is 1.25 bits per heavy atom. The first-order chi connectivity index (χ1) is 9.70. The molecule has 0 spiro atoms. The molecule has 1 aromatic carbocycles. The van der Waals surface area contributed by atoms with Crippen LogP contribution in [0.5, 0.6) is 5.75 Å². The summed E-state index contributed by atoms with van der Waals surface area (Å²) in [6.45, 7) is 4.46. The van der Waals surface area contributed by atoms with Crippen molar-refractivity contribution < 1.29 is 9.53 Å². The zero-order valence-corrected chi connectivity index (χ0v) is 12.4. The third kappa shape index (κ3) is 3.97. The van der Waals surface area contributed by atoms with Gasteiger partial charge in [0.05, 0.1) is 13.2 Å². The molecule has 0 saturated carbocycles. The molecule has 0 radical (unpaired) electrons. The molecular formula is C16H24N2O2. The summed E-state index contributed by atoms with van der Waals surface area (Å²) < 4.78 is 5.13. The van der Waals surface area contributed by atoms with Gasteiger partial charge in [0.2, 0.25) is 5.91 Å². The van der Waals surface area contributed by atoms with E-state index < -0.39 is 0 Å². The van der Waals surface area contributed by atoms with Crippen LogP contribution in [0.25, 0.3) is 0 Å². The van der Waals surface area contributed by atoms with Gasteiger partial charge < -0.3 is 15.0 Å². The van der Waals surface area contributed by atoms with E-state index in [0.717, 1.165) is 37.2 Å². The van der Waals surface area contributed by atoms with Crippen molar-refractivity contribution in [3.05, 3.63) is 29.8 Å². The van der Waals surface area contributed by atoms with Crippen LogP contribution >= 0.6 is 0 Å². The van der Waals surface area contributed by atoms with Gasteiger partial charge in [-0.15, -0.1) is 0 Å². The second-order valence-electron chi connectivity index (χ2n) is 5.34. The SMILES string of the molecule is COc1ccc(CNC(C)C(=O)N2CCCCC2)cc1. The Labute approximate surface area is 121 Å². The van der Waals surface area contributed by atoms with Gasteiger partial charge in [-0.25, -0.2) is 0 Å². The number of methoxy groups -OCH3 is 1. The molecular weight excluding hydrogens is 252 g/mol. The van der Waals surface area contributed by atoms with Crippen LogP contribution in [0.3, 0.4) is 0 Å². The zero-order chi connectivity index (χ0) is 14.4. The molecule has 1 aliphatic rings. The van der Waals surface area contributed by atoms with Crippen LogP contribution in [-0.4, -0.2) is 37.0 Å². The highest BCUT2D eigenvalue weighted by molar-refractivity contribution is 5.81. The van der Waals surface area contributed by atoms with Crippen LogP contribution < -0.4 is 10.1 Å². The number of ether oxygens (including phenoxy) is 1. The largest absolute Gasteiger partial charge is 0.497 e. The monoisotopic (exact) mass is 276 g/mol. The van der Waals surface area contributed by atoms with Gasteiger partial charge in [0, 0.05) is 19.6 Å². The number of amides is 1. The molecule has 2 rings (SSSR count). The molecule has 1 aromatic rings. The maximum atomic E-state index is 12.3. The fourth-order valence-corrected chi connectivity index (χ4v) is 2.49. The van der Waals surface area contributed by atoms with Crippen molar-refractivity contribution in [2.24, 2.45) is 0 Å². The van der Waals surface area contributed by atoms with Gasteiger partial charge in [-0.3, -0.25) is 4.79 Å². The van der Waals surface area contributed by atoms with Crippen molar-refractivity contribution in [3.63, 3.8) is 0 Å². The van der Waals surface area contributed by atoms with Gasteiger partial charge >= 0.3 is 0 Å². The molecule has 1 aliphatic heterocycles. The molecule has 1 saturated heterocycles. The zero-order valence-electron chi connectivity index (χ0n) is 12.4. The minimum atomic E-state index is -0.129. The minimum Gasteiger partial charge on any atom is -0.497 e. The lowest BCUT2D eigenvalue weighted by Gasteiger charge is -2.29. The summed E-state index contributed by atoms with van der Waals surface area (Å²) in [5.74, 6) is 1.07. The fourth-order valence-electron chi connectivity index (χ4n) is 2.49. The lowest BCUT2D eigenvalue weighted by molar-refractivity contribution is -0.133. The lowest BCUT2D eigenvalue weighted by Crippen LogP contribution is -2.46. The van der Waals surface area contributed by atoms with E-state index in [2.05, 4.69) is 5.32 Å². The van der Waals surface area contributed by atoms with Gasteiger partial charge in [-0.05, 0) is 43.9 Å². The van der Waals surface area contributed by atoms with Crippen LogP contribution in [0.2, 0.25) is 0 Å². The number of hydrogen-bond acceptors (Lipinski definition) is 3. The molecule has 4 heteroatoms. The van der Waals surface area contributed by atoms with Crippen LogP contribution in [0.1, 0.15) is 31.7 Å². The molecule has 1 heterocycles. The highest BCUT2D eigenvalue weighted by atomic mass is 16.5. The first-order valence-corrected chi connectivity index (χ1v) is 7.36. The molecule has 20 heavy (non-hydrogen) atoms. The Balaban J connectivity index is 1.81. The molecule has 1 amide bonds. The molecule has 1 unspecified atom stereocenters. The summed E-state index contributed by atoms with van der Waals surface area (Å²) in [6.07, 6.45) is 3.52. The lowest BCUT2D eigenvalue weighted by atomic mass is 10.1. The first-order valence-electron chi connectivity index (χ1n) is 7.36. The number of nitrogens with one attached hydrogen (secondary N) is 1. The van der Waals surface area contributed by atoms with E-state index >= 15 is 0 Å². The van der Waals surface area contributed by atoms with Crippen LogP contribution in [-0.2, 0) is 11.3 Å². The van der Waals surface area contributed by atoms with E-state index in [1.807, 2.05) is 36.1 Å². The van der Waals surface area contributed by atoms with E-state index in [1.54, 1.807) is 7.11 Å². The number of nitrogens with zero attached hydrogens (tertiary/aromatic N) is 1. The molecule has 4 nitrogen and oxygen atoms in total. The Kier molecular flexibility index (Phi) is 5.41. The first kappa shape index (κ1) is 14.9. The number of carbonyl (C=O) groups excluding carboxylic acids is 1. The number of carbonyl (C=O) groups is 1. The molecule has 0 aliphatic carbocycles. The van der Waals surface area contributed by atoms with Gasteiger partial charge in [0.15, 0.2) is 0 Å². The van der Waals surface area contributed by atoms with Crippen molar-refractivity contribution in [2.45, 2.75) is 38.8 Å². The highest BCUT2D eigenvalue weighted by Crippen LogP contribution is 2.12. The van der Waals surface area contributed by atoms with Gasteiger partial charge in [-0.1, -0.05) is 12.1 Å². The average Bonchev–Trinajstić information content (AvgIpc) is 2.53. The van der Waals surface area contributed by atoms with Crippen molar-refractivity contribution >= 4 is 5.91 Å². The van der Waals surface area contributed by atoms with E-state index in [4.69, 9.17) is 4.74 Å².